The van der Waals surface area contributed by atoms with E-state index in [1.807, 2.05) is 0 Å². The van der Waals surface area contributed by atoms with Crippen LogP contribution in [0.5, 0.6) is 5.75 Å². The Balaban J connectivity index is 1.44. The predicted molar refractivity (Wildman–Crippen MR) is 115 cm³/mol. The third-order valence-corrected chi connectivity index (χ3v) is 6.02. The van der Waals surface area contributed by atoms with Crippen LogP contribution in [0.2, 0.25) is 0 Å². The molecule has 1 aliphatic carbocycles. The minimum atomic E-state index is -0.793. The van der Waals surface area contributed by atoms with Crippen LogP contribution in [0.15, 0.2) is 18.5 Å². The van der Waals surface area contributed by atoms with Crippen LogP contribution in [0, 0.1) is 23.2 Å². The summed E-state index contributed by atoms with van der Waals surface area (Å²) in [7, 11) is 1.53. The second-order valence-corrected chi connectivity index (χ2v) is 8.39. The monoisotopic (exact) mass is 438 g/mol. The highest BCUT2D eigenvalue weighted by Crippen LogP contribution is 2.34. The van der Waals surface area contributed by atoms with Gasteiger partial charge in [-0.15, -0.1) is 0 Å². The van der Waals surface area contributed by atoms with Gasteiger partial charge in [-0.2, -0.15) is 5.26 Å². The first-order valence-electron chi connectivity index (χ1n) is 10.8. The highest BCUT2D eigenvalue weighted by Gasteiger charge is 2.33. The van der Waals surface area contributed by atoms with Crippen molar-refractivity contribution in [3.05, 3.63) is 24.2 Å². The smallest absolute Gasteiger partial charge is 0.268 e. The molecule has 1 saturated heterocycles. The molecule has 1 aliphatic heterocycles. The number of nitriles is 1. The van der Waals surface area contributed by atoms with Crippen molar-refractivity contribution in [1.29, 1.82) is 5.26 Å². The van der Waals surface area contributed by atoms with Gasteiger partial charge in [0.05, 0.1) is 31.1 Å². The van der Waals surface area contributed by atoms with E-state index in [2.05, 4.69) is 32.0 Å². The molecule has 4 N–H and O–H groups in total. The second kappa shape index (κ2) is 9.26. The molecule has 10 nitrogen and oxygen atoms in total. The zero-order chi connectivity index (χ0) is 22.7. The van der Waals surface area contributed by atoms with Crippen molar-refractivity contribution in [2.75, 3.05) is 13.7 Å². The number of nitrogens with one attached hydrogen (secondary N) is 4. The van der Waals surface area contributed by atoms with Gasteiger partial charge < -0.3 is 25.7 Å². The summed E-state index contributed by atoms with van der Waals surface area (Å²) in [6, 6.07) is 2.17. The topological polar surface area (TPSA) is 149 Å². The number of amides is 3. The van der Waals surface area contributed by atoms with Gasteiger partial charge in [-0.1, -0.05) is 12.8 Å². The Bertz CT molecular complexity index is 1070. The molecule has 2 aromatic heterocycles. The molecule has 2 aliphatic rings. The van der Waals surface area contributed by atoms with Crippen molar-refractivity contribution >= 4 is 28.6 Å². The van der Waals surface area contributed by atoms with Crippen LogP contribution < -0.4 is 20.7 Å². The van der Waals surface area contributed by atoms with Crippen molar-refractivity contribution in [2.45, 2.75) is 44.2 Å². The Kier molecular flexibility index (Phi) is 6.25. The van der Waals surface area contributed by atoms with Crippen LogP contribution in [0.4, 0.5) is 0 Å². The largest absolute Gasteiger partial charge is 0.494 e. The number of nitrogens with zero attached hydrogens (tertiary/aromatic N) is 2. The number of aromatic nitrogens is 2. The molecular weight excluding hydrogens is 412 g/mol. The Hall–Kier alpha value is -3.61. The van der Waals surface area contributed by atoms with Crippen LogP contribution in [0.25, 0.3) is 10.9 Å². The number of H-pyrrole nitrogens is 1. The highest BCUT2D eigenvalue weighted by molar-refractivity contribution is 6.01. The molecule has 3 atom stereocenters. The SMILES string of the molecule is COc1cncc2[nH]c(C(=O)N[C@@H](CC3CC3)C(=O)N[C@H](C#N)C[C@@H]3CCNC3=O)cc12. The molecule has 2 aromatic rings. The molecule has 168 valence electrons. The summed E-state index contributed by atoms with van der Waals surface area (Å²) in [6.45, 7) is 0.584. The van der Waals surface area contributed by atoms with Gasteiger partial charge in [-0.3, -0.25) is 19.4 Å². The van der Waals surface area contributed by atoms with Crippen molar-refractivity contribution in [2.24, 2.45) is 11.8 Å². The van der Waals surface area contributed by atoms with Gasteiger partial charge in [0, 0.05) is 17.8 Å². The number of aromatic amines is 1. The average Bonchev–Trinajstić information content (AvgIpc) is 3.35. The van der Waals surface area contributed by atoms with Crippen LogP contribution >= 0.6 is 0 Å². The lowest BCUT2D eigenvalue weighted by molar-refractivity contribution is -0.125. The second-order valence-electron chi connectivity index (χ2n) is 8.39. The van der Waals surface area contributed by atoms with Crippen molar-refractivity contribution < 1.29 is 19.1 Å². The Morgan fingerprint density at radius 3 is 2.75 bits per heavy atom. The number of fused-ring (bicyclic) bond motifs is 1. The molecule has 10 heteroatoms. The fraction of sp³-hybridized carbons (Fsp3) is 0.500. The quantitative estimate of drug-likeness (QED) is 0.459. The lowest BCUT2D eigenvalue weighted by atomic mass is 9.98. The van der Waals surface area contributed by atoms with E-state index in [0.717, 1.165) is 18.2 Å². The molecule has 0 unspecified atom stereocenters. The van der Waals surface area contributed by atoms with Crippen molar-refractivity contribution in [1.82, 2.24) is 25.9 Å². The average molecular weight is 438 g/mol. The number of methoxy groups -OCH3 is 1. The summed E-state index contributed by atoms with van der Waals surface area (Å²) in [5, 5.41) is 18.5. The van der Waals surface area contributed by atoms with Crippen LogP contribution in [0.1, 0.15) is 42.6 Å². The molecule has 0 radical (unpaired) electrons. The first kappa shape index (κ1) is 21.6. The maximum absolute atomic E-state index is 13.0. The minimum absolute atomic E-state index is 0.0916. The number of rotatable bonds is 9. The van der Waals surface area contributed by atoms with E-state index in [1.165, 1.54) is 7.11 Å². The van der Waals surface area contributed by atoms with Crippen molar-refractivity contribution in [3.63, 3.8) is 0 Å². The Morgan fingerprint density at radius 2 is 2.09 bits per heavy atom. The summed E-state index contributed by atoms with van der Waals surface area (Å²) >= 11 is 0. The van der Waals surface area contributed by atoms with Gasteiger partial charge in [-0.05, 0) is 31.2 Å². The number of carbonyl (C=O) groups excluding carboxylic acids is 3. The van der Waals surface area contributed by atoms with Gasteiger partial charge >= 0.3 is 0 Å². The third-order valence-electron chi connectivity index (χ3n) is 6.02. The van der Waals surface area contributed by atoms with E-state index in [9.17, 15) is 19.6 Å². The lowest BCUT2D eigenvalue weighted by Crippen LogP contribution is -2.50. The highest BCUT2D eigenvalue weighted by atomic mass is 16.5. The van der Waals surface area contributed by atoms with Crippen molar-refractivity contribution in [3.8, 4) is 11.8 Å². The van der Waals surface area contributed by atoms with E-state index in [0.29, 0.717) is 42.3 Å². The Labute approximate surface area is 185 Å². The summed E-state index contributed by atoms with van der Waals surface area (Å²) in [5.74, 6) is -0.298. The number of pyridine rings is 1. The van der Waals surface area contributed by atoms with E-state index >= 15 is 0 Å². The maximum atomic E-state index is 13.0. The molecule has 3 amide bonds. The van der Waals surface area contributed by atoms with Gasteiger partial charge in [0.15, 0.2) is 0 Å². The molecule has 0 bridgehead atoms. The molecular formula is C22H26N6O4. The molecule has 4 rings (SSSR count). The predicted octanol–water partition coefficient (Wildman–Crippen LogP) is 1.00. The van der Waals surface area contributed by atoms with Crippen LogP contribution in [-0.4, -0.2) is 53.4 Å². The molecule has 32 heavy (non-hydrogen) atoms. The zero-order valence-corrected chi connectivity index (χ0v) is 17.8. The number of hydrogen-bond donors (Lipinski definition) is 4. The Morgan fingerprint density at radius 1 is 1.28 bits per heavy atom. The molecule has 1 saturated carbocycles. The number of hydrogen-bond acceptors (Lipinski definition) is 6. The summed E-state index contributed by atoms with van der Waals surface area (Å²) in [6.07, 6.45) is 6.59. The standard InChI is InChI=1S/C22H26N6O4/c1-32-19-11-24-10-18-15(19)8-17(27-18)22(31)28-16(6-12-2-3-12)21(30)26-14(9-23)7-13-4-5-25-20(13)29/h8,10-14,16,27H,2-7H2,1H3,(H,25,29)(H,26,30)(H,28,31)/t13-,14-,16-/m0/s1. The molecule has 3 heterocycles. The summed E-state index contributed by atoms with van der Waals surface area (Å²) in [4.78, 5) is 44.7. The first-order valence-corrected chi connectivity index (χ1v) is 10.8. The van der Waals surface area contributed by atoms with Gasteiger partial charge in [0.25, 0.3) is 5.91 Å². The zero-order valence-electron chi connectivity index (χ0n) is 17.8. The minimum Gasteiger partial charge on any atom is -0.494 e. The van der Waals surface area contributed by atoms with Gasteiger partial charge in [-0.25, -0.2) is 0 Å². The van der Waals surface area contributed by atoms with Gasteiger partial charge in [0.2, 0.25) is 11.8 Å². The van der Waals surface area contributed by atoms with E-state index in [4.69, 9.17) is 4.74 Å². The first-order chi connectivity index (χ1) is 15.5. The lowest BCUT2D eigenvalue weighted by Gasteiger charge is -2.21. The summed E-state index contributed by atoms with van der Waals surface area (Å²) < 4.78 is 5.28. The third kappa shape index (κ3) is 4.82. The molecule has 0 spiro atoms. The molecule has 2 fully saturated rings. The normalized spacial score (nSPS) is 19.6. The van der Waals surface area contributed by atoms with Crippen LogP contribution in [-0.2, 0) is 9.59 Å². The number of ether oxygens (including phenoxy) is 1. The summed E-state index contributed by atoms with van der Waals surface area (Å²) in [5.41, 5.74) is 0.941. The fourth-order valence-electron chi connectivity index (χ4n) is 4.04. The van der Waals surface area contributed by atoms with Crippen LogP contribution in [0.3, 0.4) is 0 Å². The maximum Gasteiger partial charge on any atom is 0.268 e. The van der Waals surface area contributed by atoms with Gasteiger partial charge in [0.1, 0.15) is 23.5 Å². The van der Waals surface area contributed by atoms with E-state index < -0.39 is 23.9 Å². The number of carbonyl (C=O) groups is 3. The van der Waals surface area contributed by atoms with E-state index in [1.54, 1.807) is 18.5 Å². The van der Waals surface area contributed by atoms with E-state index in [-0.39, 0.29) is 18.2 Å². The fourth-order valence-corrected chi connectivity index (χ4v) is 4.04. The molecule has 0 aromatic carbocycles.